The average Bonchev–Trinajstić information content (AvgIpc) is 2.47. The van der Waals surface area contributed by atoms with Crippen LogP contribution in [0.15, 0.2) is 30.3 Å². The van der Waals surface area contributed by atoms with Crippen LogP contribution in [0.25, 0.3) is 0 Å². The lowest BCUT2D eigenvalue weighted by Gasteiger charge is -2.43. The highest BCUT2D eigenvalue weighted by molar-refractivity contribution is 5.74. The van der Waals surface area contributed by atoms with Gasteiger partial charge in [-0.2, -0.15) is 0 Å². The zero-order chi connectivity index (χ0) is 15.4. The van der Waals surface area contributed by atoms with Gasteiger partial charge in [-0.1, -0.05) is 44.2 Å². The topological polar surface area (TPSA) is 35.6 Å². The van der Waals surface area contributed by atoms with Crippen molar-refractivity contribution in [1.29, 1.82) is 0 Å². The fraction of sp³-hybridized carbons (Fsp3) is 0.588. The molecule has 2 atom stereocenters. The predicted molar refractivity (Wildman–Crippen MR) is 86.4 cm³/mol. The first kappa shape index (κ1) is 15.8. The van der Waals surface area contributed by atoms with E-state index in [0.717, 1.165) is 19.5 Å². The summed E-state index contributed by atoms with van der Waals surface area (Å²) in [5.74, 6) is 0.528. The van der Waals surface area contributed by atoms with Crippen molar-refractivity contribution in [2.75, 3.05) is 27.2 Å². The Morgan fingerprint density at radius 3 is 2.57 bits per heavy atom. The molecule has 0 spiro atoms. The Morgan fingerprint density at radius 2 is 2.00 bits per heavy atom. The van der Waals surface area contributed by atoms with Crippen LogP contribution in [0.1, 0.15) is 19.4 Å². The Bertz CT molecular complexity index is 458. The van der Waals surface area contributed by atoms with Crippen molar-refractivity contribution in [3.63, 3.8) is 0 Å². The second kappa shape index (κ2) is 6.94. The maximum atomic E-state index is 12.5. The molecule has 1 fully saturated rings. The minimum absolute atomic E-state index is 0.114. The molecule has 2 rings (SSSR count). The van der Waals surface area contributed by atoms with Gasteiger partial charge in [0, 0.05) is 39.3 Å². The van der Waals surface area contributed by atoms with Crippen molar-refractivity contribution in [2.24, 2.45) is 5.92 Å². The molecule has 116 valence electrons. The normalized spacial score (nSPS) is 22.4. The lowest BCUT2D eigenvalue weighted by molar-refractivity contribution is 0.109. The van der Waals surface area contributed by atoms with E-state index in [0.29, 0.717) is 12.0 Å². The third-order valence-corrected chi connectivity index (χ3v) is 4.20. The Labute approximate surface area is 128 Å². The first-order chi connectivity index (χ1) is 9.99. The van der Waals surface area contributed by atoms with Crippen LogP contribution in [0.4, 0.5) is 4.79 Å². The molecule has 1 N–H and O–H groups in total. The number of nitrogens with one attached hydrogen (secondary N) is 1. The van der Waals surface area contributed by atoms with Crippen molar-refractivity contribution in [3.8, 4) is 0 Å². The highest BCUT2D eigenvalue weighted by Gasteiger charge is 2.33. The van der Waals surface area contributed by atoms with Crippen LogP contribution < -0.4 is 5.32 Å². The van der Waals surface area contributed by atoms with Gasteiger partial charge in [-0.3, -0.25) is 0 Å². The maximum Gasteiger partial charge on any atom is 0.319 e. The Balaban J connectivity index is 2.12. The van der Waals surface area contributed by atoms with Crippen molar-refractivity contribution < 1.29 is 4.79 Å². The van der Waals surface area contributed by atoms with Gasteiger partial charge in [-0.05, 0) is 17.9 Å². The van der Waals surface area contributed by atoms with Gasteiger partial charge in [0.25, 0.3) is 0 Å². The minimum Gasteiger partial charge on any atom is -0.331 e. The number of rotatable bonds is 3. The number of urea groups is 1. The van der Waals surface area contributed by atoms with E-state index < -0.39 is 0 Å². The largest absolute Gasteiger partial charge is 0.331 e. The second-order valence-corrected chi connectivity index (χ2v) is 6.43. The van der Waals surface area contributed by atoms with Crippen LogP contribution in [0.5, 0.6) is 0 Å². The molecule has 1 heterocycles. The second-order valence-electron chi connectivity index (χ2n) is 6.43. The van der Waals surface area contributed by atoms with Crippen LogP contribution in [0.3, 0.4) is 0 Å². The molecule has 4 nitrogen and oxygen atoms in total. The van der Waals surface area contributed by atoms with Crippen molar-refractivity contribution >= 4 is 6.03 Å². The zero-order valence-electron chi connectivity index (χ0n) is 13.5. The molecule has 21 heavy (non-hydrogen) atoms. The smallest absolute Gasteiger partial charge is 0.319 e. The van der Waals surface area contributed by atoms with Crippen LogP contribution >= 0.6 is 0 Å². The van der Waals surface area contributed by atoms with Crippen molar-refractivity contribution in [2.45, 2.75) is 32.4 Å². The fourth-order valence-corrected chi connectivity index (χ4v) is 2.83. The summed E-state index contributed by atoms with van der Waals surface area (Å²) < 4.78 is 0. The van der Waals surface area contributed by atoms with Gasteiger partial charge >= 0.3 is 6.03 Å². The summed E-state index contributed by atoms with van der Waals surface area (Å²) in [6.07, 6.45) is 0.901. The molecule has 0 aromatic heterocycles. The van der Waals surface area contributed by atoms with Gasteiger partial charge in [-0.25, -0.2) is 4.79 Å². The van der Waals surface area contributed by atoms with E-state index >= 15 is 0 Å². The van der Waals surface area contributed by atoms with Crippen molar-refractivity contribution in [3.05, 3.63) is 35.9 Å². The number of hydrogen-bond donors (Lipinski definition) is 1. The standard InChI is InChI=1S/C17H27N3O/c1-13(2)16-12-20(17(21)19(3)4)15(11-18-16)10-14-8-6-5-7-9-14/h5-9,13,15-16,18H,10-12H2,1-4H3. The van der Waals surface area contributed by atoms with E-state index in [1.165, 1.54) is 5.56 Å². The van der Waals surface area contributed by atoms with E-state index in [2.05, 4.69) is 43.4 Å². The molecule has 0 bridgehead atoms. The summed E-state index contributed by atoms with van der Waals surface area (Å²) in [4.78, 5) is 16.2. The number of carbonyl (C=O) groups is 1. The Morgan fingerprint density at radius 1 is 1.33 bits per heavy atom. The molecule has 2 amide bonds. The minimum atomic E-state index is 0.114. The monoisotopic (exact) mass is 289 g/mol. The summed E-state index contributed by atoms with van der Waals surface area (Å²) in [6.45, 7) is 6.05. The lowest BCUT2D eigenvalue weighted by atomic mass is 9.96. The summed E-state index contributed by atoms with van der Waals surface area (Å²) in [7, 11) is 3.66. The molecular weight excluding hydrogens is 262 g/mol. The summed E-state index contributed by atoms with van der Waals surface area (Å²) in [5, 5.41) is 3.60. The number of hydrogen-bond acceptors (Lipinski definition) is 2. The number of piperazine rings is 1. The number of benzene rings is 1. The molecular formula is C17H27N3O. The molecule has 1 aliphatic rings. The molecule has 0 aliphatic carbocycles. The van der Waals surface area contributed by atoms with Gasteiger partial charge in [0.05, 0.1) is 0 Å². The number of amides is 2. The zero-order valence-corrected chi connectivity index (χ0v) is 13.5. The number of carbonyl (C=O) groups excluding carboxylic acids is 1. The van der Waals surface area contributed by atoms with Crippen molar-refractivity contribution in [1.82, 2.24) is 15.1 Å². The third-order valence-electron chi connectivity index (χ3n) is 4.20. The maximum absolute atomic E-state index is 12.5. The van der Waals surface area contributed by atoms with Crippen LogP contribution in [-0.2, 0) is 6.42 Å². The highest BCUT2D eigenvalue weighted by atomic mass is 16.2. The fourth-order valence-electron chi connectivity index (χ4n) is 2.83. The lowest BCUT2D eigenvalue weighted by Crippen LogP contribution is -2.61. The van der Waals surface area contributed by atoms with E-state index in [4.69, 9.17) is 0 Å². The quantitative estimate of drug-likeness (QED) is 0.926. The molecule has 1 aliphatic heterocycles. The van der Waals surface area contributed by atoms with Gasteiger partial charge in [0.1, 0.15) is 0 Å². The van der Waals surface area contributed by atoms with E-state index in [-0.39, 0.29) is 12.1 Å². The third kappa shape index (κ3) is 3.97. The first-order valence-corrected chi connectivity index (χ1v) is 7.74. The molecule has 1 aromatic rings. The number of nitrogens with zero attached hydrogens (tertiary/aromatic N) is 2. The Kier molecular flexibility index (Phi) is 5.23. The van der Waals surface area contributed by atoms with Crippen LogP contribution in [0.2, 0.25) is 0 Å². The summed E-state index contributed by atoms with van der Waals surface area (Å²) >= 11 is 0. The van der Waals surface area contributed by atoms with Gasteiger partial charge in [-0.15, -0.1) is 0 Å². The molecule has 0 saturated carbocycles. The van der Waals surface area contributed by atoms with Crippen LogP contribution in [-0.4, -0.2) is 55.1 Å². The highest BCUT2D eigenvalue weighted by Crippen LogP contribution is 2.17. The molecule has 4 heteroatoms. The van der Waals surface area contributed by atoms with E-state index in [9.17, 15) is 4.79 Å². The first-order valence-electron chi connectivity index (χ1n) is 7.74. The molecule has 1 saturated heterocycles. The summed E-state index contributed by atoms with van der Waals surface area (Å²) in [6, 6.07) is 11.1. The van der Waals surface area contributed by atoms with Gasteiger partial charge in [0.15, 0.2) is 0 Å². The molecule has 0 radical (unpaired) electrons. The Hall–Kier alpha value is -1.55. The predicted octanol–water partition coefficient (Wildman–Crippen LogP) is 2.21. The van der Waals surface area contributed by atoms with Crippen LogP contribution in [0, 0.1) is 5.92 Å². The molecule has 2 unspecified atom stereocenters. The van der Waals surface area contributed by atoms with Gasteiger partial charge < -0.3 is 15.1 Å². The molecule has 1 aromatic carbocycles. The van der Waals surface area contributed by atoms with E-state index in [1.807, 2.05) is 25.1 Å². The average molecular weight is 289 g/mol. The van der Waals surface area contributed by atoms with E-state index in [1.54, 1.807) is 4.90 Å². The summed E-state index contributed by atoms with van der Waals surface area (Å²) in [5.41, 5.74) is 1.28. The van der Waals surface area contributed by atoms with Gasteiger partial charge in [0.2, 0.25) is 0 Å². The SMILES string of the molecule is CC(C)C1CN(C(=O)N(C)C)C(Cc2ccccc2)CN1.